The predicted octanol–water partition coefficient (Wildman–Crippen LogP) is 1.84. The Hall–Kier alpha value is -1.34. The van der Waals surface area contributed by atoms with Gasteiger partial charge in [-0.2, -0.15) is 0 Å². The molecular formula is C10H13N3O3S. The molecule has 1 aliphatic rings. The Labute approximate surface area is 103 Å². The molecule has 0 aromatic carbocycles. The Morgan fingerprint density at radius 2 is 2.18 bits per heavy atom. The highest BCUT2D eigenvalue weighted by Crippen LogP contribution is 2.34. The number of nitro groups is 1. The van der Waals surface area contributed by atoms with Crippen molar-refractivity contribution in [2.75, 3.05) is 18.9 Å². The summed E-state index contributed by atoms with van der Waals surface area (Å²) >= 11 is 1.42. The summed E-state index contributed by atoms with van der Waals surface area (Å²) in [6.07, 6.45) is 1.77. The van der Waals surface area contributed by atoms with E-state index in [1.54, 1.807) is 0 Å². The second kappa shape index (κ2) is 5.33. The average Bonchev–Trinajstić information content (AvgIpc) is 2.30. The number of nitrogens with zero attached hydrogens (tertiary/aromatic N) is 2. The molecule has 7 heteroatoms. The first-order chi connectivity index (χ1) is 8.16. The van der Waals surface area contributed by atoms with Crippen LogP contribution in [0.15, 0.2) is 17.2 Å². The van der Waals surface area contributed by atoms with Crippen molar-refractivity contribution in [3.63, 3.8) is 0 Å². The topological polar surface area (TPSA) is 91.3 Å². The quantitative estimate of drug-likeness (QED) is 0.654. The van der Waals surface area contributed by atoms with Gasteiger partial charge >= 0.3 is 5.69 Å². The zero-order chi connectivity index (χ0) is 12.3. The first-order valence-electron chi connectivity index (χ1n) is 5.32. The molecule has 0 saturated carbocycles. The van der Waals surface area contributed by atoms with Gasteiger partial charge in [0.05, 0.1) is 4.92 Å². The van der Waals surface area contributed by atoms with Gasteiger partial charge in [-0.1, -0.05) is 11.8 Å². The molecule has 0 radical (unpaired) electrons. The summed E-state index contributed by atoms with van der Waals surface area (Å²) in [5, 5.41) is 11.6. The van der Waals surface area contributed by atoms with Crippen LogP contribution in [0.1, 0.15) is 12.8 Å². The summed E-state index contributed by atoms with van der Waals surface area (Å²) in [7, 11) is 0. The molecule has 0 spiro atoms. The number of pyridine rings is 1. The summed E-state index contributed by atoms with van der Waals surface area (Å²) in [5.74, 6) is 0.310. The van der Waals surface area contributed by atoms with E-state index in [0.29, 0.717) is 29.3 Å². The van der Waals surface area contributed by atoms with Gasteiger partial charge in [-0.3, -0.25) is 10.1 Å². The van der Waals surface area contributed by atoms with Crippen LogP contribution in [-0.4, -0.2) is 28.4 Å². The second-order valence-corrected chi connectivity index (χ2v) is 5.04. The number of hydrogen-bond acceptors (Lipinski definition) is 6. The van der Waals surface area contributed by atoms with Gasteiger partial charge in [0.1, 0.15) is 5.82 Å². The smallest absolute Gasteiger partial charge is 0.301 e. The van der Waals surface area contributed by atoms with Gasteiger partial charge in [0.2, 0.25) is 0 Å². The van der Waals surface area contributed by atoms with Gasteiger partial charge in [0.15, 0.2) is 5.03 Å². The van der Waals surface area contributed by atoms with Crippen LogP contribution in [0.5, 0.6) is 0 Å². The number of ether oxygens (including phenoxy) is 1. The van der Waals surface area contributed by atoms with E-state index in [4.69, 9.17) is 10.5 Å². The summed E-state index contributed by atoms with van der Waals surface area (Å²) in [6, 6.07) is 2.86. The van der Waals surface area contributed by atoms with Crippen molar-refractivity contribution >= 4 is 23.3 Å². The van der Waals surface area contributed by atoms with Gasteiger partial charge < -0.3 is 10.5 Å². The number of anilines is 1. The van der Waals surface area contributed by atoms with Gasteiger partial charge in [0, 0.05) is 24.5 Å². The molecule has 0 amide bonds. The standard InChI is InChI=1S/C10H13N3O3S/c11-9-2-1-8(13(14)15)10(12-9)17-7-3-5-16-6-4-7/h1-2,7H,3-6H2,(H2,11,12). The fourth-order valence-corrected chi connectivity index (χ4v) is 2.79. The molecular weight excluding hydrogens is 242 g/mol. The lowest BCUT2D eigenvalue weighted by molar-refractivity contribution is -0.388. The summed E-state index contributed by atoms with van der Waals surface area (Å²) in [5.41, 5.74) is 5.58. The maximum Gasteiger partial charge on any atom is 0.301 e. The fraction of sp³-hybridized carbons (Fsp3) is 0.500. The normalized spacial score (nSPS) is 16.9. The van der Waals surface area contributed by atoms with Crippen molar-refractivity contribution in [2.45, 2.75) is 23.1 Å². The van der Waals surface area contributed by atoms with Crippen LogP contribution in [0.4, 0.5) is 11.5 Å². The number of thioether (sulfide) groups is 1. The lowest BCUT2D eigenvalue weighted by Gasteiger charge is -2.20. The minimum atomic E-state index is -0.423. The van der Waals surface area contributed by atoms with Crippen LogP contribution in [0.25, 0.3) is 0 Å². The molecule has 6 nitrogen and oxygen atoms in total. The number of rotatable bonds is 3. The molecule has 1 aromatic heterocycles. The summed E-state index contributed by atoms with van der Waals surface area (Å²) in [4.78, 5) is 14.5. The van der Waals surface area contributed by atoms with Crippen LogP contribution in [0, 0.1) is 10.1 Å². The average molecular weight is 255 g/mol. The van der Waals surface area contributed by atoms with Crippen LogP contribution in [0.2, 0.25) is 0 Å². The third-order valence-electron chi connectivity index (χ3n) is 2.51. The Kier molecular flexibility index (Phi) is 3.80. The second-order valence-electron chi connectivity index (χ2n) is 3.75. The molecule has 2 N–H and O–H groups in total. The van der Waals surface area contributed by atoms with Crippen molar-refractivity contribution in [3.8, 4) is 0 Å². The van der Waals surface area contributed by atoms with Gasteiger partial charge in [0.25, 0.3) is 0 Å². The zero-order valence-electron chi connectivity index (χ0n) is 9.17. The first-order valence-corrected chi connectivity index (χ1v) is 6.20. The van der Waals surface area contributed by atoms with Gasteiger partial charge in [-0.05, 0) is 18.9 Å². The van der Waals surface area contributed by atoms with Crippen molar-refractivity contribution in [3.05, 3.63) is 22.2 Å². The number of hydrogen-bond donors (Lipinski definition) is 1. The number of nitrogens with two attached hydrogens (primary N) is 1. The zero-order valence-corrected chi connectivity index (χ0v) is 9.98. The van der Waals surface area contributed by atoms with Gasteiger partial charge in [-0.15, -0.1) is 0 Å². The van der Waals surface area contributed by atoms with Gasteiger partial charge in [-0.25, -0.2) is 4.98 Å². The monoisotopic (exact) mass is 255 g/mol. The molecule has 1 saturated heterocycles. The lowest BCUT2D eigenvalue weighted by atomic mass is 10.2. The predicted molar refractivity (Wildman–Crippen MR) is 65.0 cm³/mol. The van der Waals surface area contributed by atoms with Crippen LogP contribution >= 0.6 is 11.8 Å². The molecule has 1 fully saturated rings. The number of nitrogen functional groups attached to an aromatic ring is 1. The molecule has 17 heavy (non-hydrogen) atoms. The first kappa shape index (κ1) is 12.1. The fourth-order valence-electron chi connectivity index (χ4n) is 1.62. The van der Waals surface area contributed by atoms with E-state index < -0.39 is 4.92 Å². The molecule has 0 unspecified atom stereocenters. The highest BCUT2D eigenvalue weighted by atomic mass is 32.2. The molecule has 0 atom stereocenters. The number of aromatic nitrogens is 1. The van der Waals surface area contributed by atoms with Crippen LogP contribution < -0.4 is 5.73 Å². The highest BCUT2D eigenvalue weighted by Gasteiger charge is 2.22. The third-order valence-corrected chi connectivity index (χ3v) is 3.83. The van der Waals surface area contributed by atoms with E-state index in [2.05, 4.69) is 4.98 Å². The van der Waals surface area contributed by atoms with E-state index in [-0.39, 0.29) is 5.69 Å². The third kappa shape index (κ3) is 3.07. The van der Waals surface area contributed by atoms with E-state index >= 15 is 0 Å². The van der Waals surface area contributed by atoms with E-state index in [0.717, 1.165) is 12.8 Å². The van der Waals surface area contributed by atoms with Crippen LogP contribution in [0.3, 0.4) is 0 Å². The molecule has 0 aliphatic carbocycles. The Balaban J connectivity index is 2.17. The van der Waals surface area contributed by atoms with E-state index in [9.17, 15) is 10.1 Å². The Morgan fingerprint density at radius 3 is 2.82 bits per heavy atom. The minimum Gasteiger partial charge on any atom is -0.384 e. The SMILES string of the molecule is Nc1ccc([N+](=O)[O-])c(SC2CCOCC2)n1. The molecule has 2 heterocycles. The van der Waals surface area contributed by atoms with Crippen molar-refractivity contribution in [2.24, 2.45) is 0 Å². The Morgan fingerprint density at radius 1 is 1.47 bits per heavy atom. The molecule has 92 valence electrons. The molecule has 1 aromatic rings. The van der Waals surface area contributed by atoms with Crippen molar-refractivity contribution in [1.82, 2.24) is 4.98 Å². The minimum absolute atomic E-state index is 0.0238. The maximum absolute atomic E-state index is 10.9. The summed E-state index contributed by atoms with van der Waals surface area (Å²) in [6.45, 7) is 1.40. The van der Waals surface area contributed by atoms with Crippen LogP contribution in [-0.2, 0) is 4.74 Å². The highest BCUT2D eigenvalue weighted by molar-refractivity contribution is 8.00. The van der Waals surface area contributed by atoms with E-state index in [1.807, 2.05) is 0 Å². The lowest BCUT2D eigenvalue weighted by Crippen LogP contribution is -2.17. The molecule has 0 bridgehead atoms. The van der Waals surface area contributed by atoms with Crippen molar-refractivity contribution < 1.29 is 9.66 Å². The molecule has 2 rings (SSSR count). The summed E-state index contributed by atoms with van der Waals surface area (Å²) < 4.78 is 5.25. The Bertz CT molecular complexity index is 421. The maximum atomic E-state index is 10.9. The van der Waals surface area contributed by atoms with E-state index in [1.165, 1.54) is 23.9 Å². The molecule has 1 aliphatic heterocycles. The van der Waals surface area contributed by atoms with Crippen molar-refractivity contribution in [1.29, 1.82) is 0 Å². The largest absolute Gasteiger partial charge is 0.384 e.